The first-order valence-electron chi connectivity index (χ1n) is 19.1. The predicted octanol–water partition coefficient (Wildman–Crippen LogP) is 14.3. The summed E-state index contributed by atoms with van der Waals surface area (Å²) in [6, 6.07) is 20.9. The van der Waals surface area contributed by atoms with Gasteiger partial charge >= 0.3 is 0 Å². The summed E-state index contributed by atoms with van der Waals surface area (Å²) in [6.45, 7) is 25.7. The van der Waals surface area contributed by atoms with E-state index in [9.17, 15) is 9.90 Å². The molecule has 4 nitrogen and oxygen atoms in total. The van der Waals surface area contributed by atoms with Crippen molar-refractivity contribution in [2.45, 2.75) is 121 Å². The molecule has 285 valence electrons. The standard InChI is InChI=1S/C32H30NOS.C15H28O2.Ir/c1-18(2)15-27-19(3)28-26(35-27)12-11-24-29(28)30-25(34-24)13-14-33-31(30)21-16-20-9-7-8-10-22(20)23(17-21)32(4,5)6;1-7-14(5,8-2)12(16)11-13(17)15(6,9-3)10-4;/h7-14,17-18H,15H2,1-6H3;11,16H,7-10H2,1-6H3;/q-1;;/b;12-11-;. The number of ketones is 1. The van der Waals surface area contributed by atoms with E-state index in [0.717, 1.165) is 65.3 Å². The number of pyridine rings is 1. The van der Waals surface area contributed by atoms with Crippen molar-refractivity contribution < 1.29 is 34.4 Å². The van der Waals surface area contributed by atoms with E-state index >= 15 is 0 Å². The van der Waals surface area contributed by atoms with Gasteiger partial charge in [0.2, 0.25) is 0 Å². The van der Waals surface area contributed by atoms with Crippen molar-refractivity contribution in [1.29, 1.82) is 0 Å². The number of aryl methyl sites for hydroxylation is 1. The summed E-state index contributed by atoms with van der Waals surface area (Å²) in [6.07, 6.45) is 7.72. The van der Waals surface area contributed by atoms with Crippen molar-refractivity contribution >= 4 is 59.9 Å². The van der Waals surface area contributed by atoms with Gasteiger partial charge in [0.1, 0.15) is 16.9 Å². The Morgan fingerprint density at radius 1 is 0.887 bits per heavy atom. The summed E-state index contributed by atoms with van der Waals surface area (Å²) in [5.74, 6) is 0.910. The van der Waals surface area contributed by atoms with Gasteiger partial charge in [0.15, 0.2) is 5.78 Å². The molecule has 3 aromatic heterocycles. The molecule has 0 aliphatic carbocycles. The summed E-state index contributed by atoms with van der Waals surface area (Å²) >= 11 is 1.92. The van der Waals surface area contributed by atoms with Gasteiger partial charge in [-0.25, -0.2) is 0 Å². The molecule has 0 amide bonds. The number of rotatable bonds is 10. The van der Waals surface area contributed by atoms with Gasteiger partial charge in [-0.2, -0.15) is 0 Å². The average Bonchev–Trinajstić information content (AvgIpc) is 3.66. The van der Waals surface area contributed by atoms with Crippen LogP contribution in [0.4, 0.5) is 0 Å². The molecule has 6 rings (SSSR count). The van der Waals surface area contributed by atoms with Crippen LogP contribution in [0.15, 0.2) is 71.0 Å². The minimum atomic E-state index is -0.337. The van der Waals surface area contributed by atoms with Gasteiger partial charge in [0.05, 0.1) is 0 Å². The van der Waals surface area contributed by atoms with Gasteiger partial charge in [0, 0.05) is 74.6 Å². The summed E-state index contributed by atoms with van der Waals surface area (Å²) in [7, 11) is 0. The van der Waals surface area contributed by atoms with Crippen LogP contribution in [0.5, 0.6) is 0 Å². The largest absolute Gasteiger partial charge is 0.512 e. The van der Waals surface area contributed by atoms with Gasteiger partial charge in [0.25, 0.3) is 0 Å². The van der Waals surface area contributed by atoms with Gasteiger partial charge < -0.3 is 9.52 Å². The van der Waals surface area contributed by atoms with Gasteiger partial charge in [-0.1, -0.05) is 105 Å². The number of carbonyl (C=O) groups is 1. The van der Waals surface area contributed by atoms with E-state index in [1.807, 2.05) is 65.1 Å². The van der Waals surface area contributed by atoms with E-state index in [4.69, 9.17) is 9.40 Å². The number of fused-ring (bicyclic) bond motifs is 6. The molecule has 0 aliphatic heterocycles. The second-order valence-electron chi connectivity index (χ2n) is 16.5. The maximum atomic E-state index is 12.2. The number of furan rings is 1. The second kappa shape index (κ2) is 16.6. The maximum Gasteiger partial charge on any atom is 0.164 e. The number of hydrogen-bond donors (Lipinski definition) is 1. The topological polar surface area (TPSA) is 63.3 Å². The van der Waals surface area contributed by atoms with Crippen LogP contribution in [0.1, 0.15) is 118 Å². The molecule has 1 N–H and O–H groups in total. The van der Waals surface area contributed by atoms with Crippen LogP contribution in [0.25, 0.3) is 54.1 Å². The molecule has 1 radical (unpaired) electrons. The van der Waals surface area contributed by atoms with Crippen LogP contribution < -0.4 is 0 Å². The fourth-order valence-corrected chi connectivity index (χ4v) is 8.45. The van der Waals surface area contributed by atoms with E-state index < -0.39 is 0 Å². The Hall–Kier alpha value is -3.31. The number of nitrogens with zero attached hydrogens (tertiary/aromatic N) is 1. The fraction of sp³-hybridized carbons (Fsp3) is 0.447. The normalized spacial score (nSPS) is 12.8. The smallest absolute Gasteiger partial charge is 0.164 e. The average molecular weight is 909 g/mol. The van der Waals surface area contributed by atoms with Crippen LogP contribution in [-0.2, 0) is 36.7 Å². The van der Waals surface area contributed by atoms with E-state index in [-0.39, 0.29) is 47.9 Å². The number of aliphatic hydroxyl groups is 1. The van der Waals surface area contributed by atoms with Crippen molar-refractivity contribution in [3.05, 3.63) is 88.6 Å². The van der Waals surface area contributed by atoms with Crippen molar-refractivity contribution in [3.63, 3.8) is 0 Å². The SMILES string of the molecule is CCC(C)(CC)C(=O)/C=C(\O)C(C)(CC)CC.Cc1c(CC(C)C)sc2ccc3oc4ccnc(-c5[c-]c6ccccc6c(C(C)(C)C)c5)c4c3c12.[Ir]. The number of aromatic nitrogens is 1. The molecule has 6 heteroatoms. The zero-order valence-corrected chi connectivity index (χ0v) is 37.1. The van der Waals surface area contributed by atoms with Gasteiger partial charge in [-0.05, 0) is 74.1 Å². The third-order valence-electron chi connectivity index (χ3n) is 11.6. The Morgan fingerprint density at radius 2 is 1.51 bits per heavy atom. The van der Waals surface area contributed by atoms with Gasteiger partial charge in [-0.15, -0.1) is 40.5 Å². The number of benzene rings is 3. The number of thiophene rings is 1. The molecule has 6 aromatic rings. The van der Waals surface area contributed by atoms with Crippen LogP contribution >= 0.6 is 11.3 Å². The quantitative estimate of drug-likeness (QED) is 0.0845. The molecule has 0 fully saturated rings. The Morgan fingerprint density at radius 3 is 2.11 bits per heavy atom. The van der Waals surface area contributed by atoms with Gasteiger partial charge in [-0.3, -0.25) is 9.78 Å². The zero-order chi connectivity index (χ0) is 38.2. The Labute approximate surface area is 334 Å². The minimum Gasteiger partial charge on any atom is -0.512 e. The molecule has 0 unspecified atom stereocenters. The van der Waals surface area contributed by atoms with E-state index in [0.29, 0.717) is 5.92 Å². The number of aliphatic hydroxyl groups excluding tert-OH is 1. The summed E-state index contributed by atoms with van der Waals surface area (Å²) < 4.78 is 7.72. The summed E-state index contributed by atoms with van der Waals surface area (Å²) in [5.41, 5.74) is 5.86. The molecule has 3 aromatic carbocycles. The molecule has 0 atom stereocenters. The second-order valence-corrected chi connectivity index (χ2v) is 17.7. The van der Waals surface area contributed by atoms with E-state index in [1.165, 1.54) is 42.9 Å². The van der Waals surface area contributed by atoms with E-state index in [1.54, 1.807) is 0 Å². The molecule has 0 saturated heterocycles. The predicted molar refractivity (Wildman–Crippen MR) is 224 cm³/mol. The molecule has 53 heavy (non-hydrogen) atoms. The van der Waals surface area contributed by atoms with Crippen LogP contribution in [-0.4, -0.2) is 15.9 Å². The van der Waals surface area contributed by atoms with Crippen molar-refractivity contribution in [2.75, 3.05) is 0 Å². The molecule has 0 saturated carbocycles. The first kappa shape index (κ1) is 42.4. The van der Waals surface area contributed by atoms with Crippen molar-refractivity contribution in [3.8, 4) is 11.3 Å². The maximum absolute atomic E-state index is 12.2. The third-order valence-corrected chi connectivity index (χ3v) is 12.9. The molecule has 0 bridgehead atoms. The van der Waals surface area contributed by atoms with Crippen molar-refractivity contribution in [2.24, 2.45) is 16.7 Å². The fourth-order valence-electron chi connectivity index (χ4n) is 7.02. The molecular weight excluding hydrogens is 851 g/mol. The first-order valence-corrected chi connectivity index (χ1v) is 20.0. The number of allylic oxidation sites excluding steroid dienone is 2. The Bertz CT molecular complexity index is 2260. The summed E-state index contributed by atoms with van der Waals surface area (Å²) in [5, 5.41) is 16.1. The summed E-state index contributed by atoms with van der Waals surface area (Å²) in [4.78, 5) is 18.6. The molecule has 0 spiro atoms. The van der Waals surface area contributed by atoms with Crippen LogP contribution in [0.3, 0.4) is 0 Å². The Balaban J connectivity index is 0.000000299. The minimum absolute atomic E-state index is 0. The van der Waals surface area contributed by atoms with E-state index in [2.05, 4.69) is 90.1 Å². The molecular formula is C47H58IrNO3S-. The van der Waals surface area contributed by atoms with Crippen molar-refractivity contribution in [1.82, 2.24) is 4.98 Å². The molecule has 3 heterocycles. The van der Waals surface area contributed by atoms with Crippen LogP contribution in [0, 0.1) is 29.7 Å². The molecule has 0 aliphatic rings. The monoisotopic (exact) mass is 909 g/mol. The first-order chi connectivity index (χ1) is 24.5. The Kier molecular flexibility index (Phi) is 13.3. The van der Waals surface area contributed by atoms with Crippen LogP contribution in [0.2, 0.25) is 0 Å². The zero-order valence-electron chi connectivity index (χ0n) is 33.8. The number of carbonyl (C=O) groups excluding carboxylic acids is 1. The third kappa shape index (κ3) is 8.36. The number of hydrogen-bond acceptors (Lipinski definition) is 5.